The second-order valence-corrected chi connectivity index (χ2v) is 7.11. The van der Waals surface area contributed by atoms with Crippen LogP contribution in [0, 0.1) is 0 Å². The molecule has 0 aliphatic heterocycles. The van der Waals surface area contributed by atoms with E-state index in [0.717, 1.165) is 22.1 Å². The lowest BCUT2D eigenvalue weighted by Crippen LogP contribution is -2.20. The predicted octanol–water partition coefficient (Wildman–Crippen LogP) is 4.07. The molecule has 154 valence electrons. The highest BCUT2D eigenvalue weighted by molar-refractivity contribution is 5.98. The maximum atomic E-state index is 12.3. The Hall–Kier alpha value is -4.19. The second kappa shape index (κ2) is 9.54. The number of nitrogens with one attached hydrogen (secondary N) is 3. The molecule has 2 aromatic carbocycles. The molecule has 0 saturated carbocycles. The molecule has 6 heteroatoms. The molecule has 2 aromatic heterocycles. The number of aromatic nitrogens is 2. The van der Waals surface area contributed by atoms with E-state index < -0.39 is 0 Å². The zero-order chi connectivity index (χ0) is 21.5. The van der Waals surface area contributed by atoms with E-state index in [1.54, 1.807) is 18.5 Å². The average molecular weight is 410 g/mol. The highest BCUT2D eigenvalue weighted by Gasteiger charge is 2.08. The lowest BCUT2D eigenvalue weighted by atomic mass is 10.1. The average Bonchev–Trinajstić information content (AvgIpc) is 3.20. The van der Waals surface area contributed by atoms with E-state index in [-0.39, 0.29) is 11.8 Å². The molecule has 0 unspecified atom stereocenters. The lowest BCUT2D eigenvalue weighted by Gasteiger charge is -2.05. The van der Waals surface area contributed by atoms with Gasteiger partial charge in [-0.05, 0) is 23.3 Å². The van der Waals surface area contributed by atoms with Crippen LogP contribution in [0.5, 0.6) is 0 Å². The van der Waals surface area contributed by atoms with Crippen LogP contribution in [-0.2, 0) is 22.6 Å². The molecule has 6 nitrogen and oxygen atoms in total. The first-order valence-corrected chi connectivity index (χ1v) is 9.98. The molecule has 0 saturated heterocycles. The zero-order valence-corrected chi connectivity index (χ0v) is 16.8. The van der Waals surface area contributed by atoms with Crippen molar-refractivity contribution in [2.24, 2.45) is 0 Å². The molecule has 0 aliphatic carbocycles. The Morgan fingerprint density at radius 1 is 0.968 bits per heavy atom. The number of benzene rings is 2. The number of H-pyrrole nitrogens is 1. The van der Waals surface area contributed by atoms with Crippen LogP contribution >= 0.6 is 0 Å². The van der Waals surface area contributed by atoms with E-state index >= 15 is 0 Å². The van der Waals surface area contributed by atoms with E-state index in [4.69, 9.17) is 0 Å². The minimum atomic E-state index is -0.182. The van der Waals surface area contributed by atoms with Gasteiger partial charge in [0.05, 0.1) is 18.3 Å². The Morgan fingerprint density at radius 2 is 1.68 bits per heavy atom. The number of nitrogens with zero attached hydrogens (tertiary/aromatic N) is 1. The zero-order valence-electron chi connectivity index (χ0n) is 16.8. The van der Waals surface area contributed by atoms with Crippen molar-refractivity contribution >= 4 is 34.6 Å². The van der Waals surface area contributed by atoms with Gasteiger partial charge in [-0.2, -0.15) is 0 Å². The lowest BCUT2D eigenvalue weighted by molar-refractivity contribution is -0.117. The smallest absolute Gasteiger partial charge is 0.244 e. The van der Waals surface area contributed by atoms with Crippen LogP contribution in [-0.4, -0.2) is 21.8 Å². The van der Waals surface area contributed by atoms with Crippen LogP contribution in [0.1, 0.15) is 16.7 Å². The van der Waals surface area contributed by atoms with Gasteiger partial charge < -0.3 is 15.6 Å². The maximum absolute atomic E-state index is 12.3. The Kier molecular flexibility index (Phi) is 6.18. The summed E-state index contributed by atoms with van der Waals surface area (Å²) in [5.74, 6) is -0.293. The van der Waals surface area contributed by atoms with Crippen LogP contribution in [0.4, 0.5) is 5.69 Å². The summed E-state index contributed by atoms with van der Waals surface area (Å²) >= 11 is 0. The number of hydrogen-bond donors (Lipinski definition) is 3. The van der Waals surface area contributed by atoms with Gasteiger partial charge >= 0.3 is 0 Å². The van der Waals surface area contributed by atoms with Crippen LogP contribution in [0.2, 0.25) is 0 Å². The molecule has 31 heavy (non-hydrogen) atoms. The summed E-state index contributed by atoms with van der Waals surface area (Å²) in [6.45, 7) is 0.469. The van der Waals surface area contributed by atoms with Crippen LogP contribution in [0.15, 0.2) is 85.2 Å². The SMILES string of the molecule is O=C(/C=C/c1c[nH]c2ncc(NC(=O)Cc3ccccc3)cc12)NCc1ccccc1. The minimum absolute atomic E-state index is 0.111. The summed E-state index contributed by atoms with van der Waals surface area (Å²) in [5, 5.41) is 6.57. The van der Waals surface area contributed by atoms with E-state index in [9.17, 15) is 9.59 Å². The summed E-state index contributed by atoms with van der Waals surface area (Å²) in [5.41, 5.74) is 4.09. The van der Waals surface area contributed by atoms with E-state index in [0.29, 0.717) is 24.3 Å². The Balaban J connectivity index is 1.41. The van der Waals surface area contributed by atoms with Crippen LogP contribution in [0.25, 0.3) is 17.1 Å². The van der Waals surface area contributed by atoms with Crippen molar-refractivity contribution in [1.82, 2.24) is 15.3 Å². The molecule has 3 N–H and O–H groups in total. The normalized spacial score (nSPS) is 11.0. The number of aromatic amines is 1. The quantitative estimate of drug-likeness (QED) is 0.401. The van der Waals surface area contributed by atoms with E-state index in [1.807, 2.05) is 66.7 Å². The van der Waals surface area contributed by atoms with Crippen molar-refractivity contribution in [3.05, 3.63) is 102 Å². The van der Waals surface area contributed by atoms with Crippen molar-refractivity contribution in [3.63, 3.8) is 0 Å². The summed E-state index contributed by atoms with van der Waals surface area (Å²) in [7, 11) is 0. The number of carbonyl (C=O) groups is 2. The van der Waals surface area contributed by atoms with Crippen LogP contribution in [0.3, 0.4) is 0 Å². The molecule has 0 aliphatic rings. The van der Waals surface area contributed by atoms with E-state index in [1.165, 1.54) is 6.08 Å². The van der Waals surface area contributed by atoms with Gasteiger partial charge in [0, 0.05) is 29.8 Å². The molecule has 0 atom stereocenters. The number of carbonyl (C=O) groups excluding carboxylic acids is 2. The van der Waals surface area contributed by atoms with Gasteiger partial charge in [0.1, 0.15) is 5.65 Å². The Morgan fingerprint density at radius 3 is 2.42 bits per heavy atom. The van der Waals surface area contributed by atoms with Gasteiger partial charge in [0.25, 0.3) is 0 Å². The van der Waals surface area contributed by atoms with Crippen molar-refractivity contribution < 1.29 is 9.59 Å². The predicted molar refractivity (Wildman–Crippen MR) is 122 cm³/mol. The number of pyridine rings is 1. The molecular weight excluding hydrogens is 388 g/mol. The number of fused-ring (bicyclic) bond motifs is 1. The number of hydrogen-bond acceptors (Lipinski definition) is 3. The highest BCUT2D eigenvalue weighted by Crippen LogP contribution is 2.21. The number of rotatable bonds is 7. The third kappa shape index (κ3) is 5.45. The van der Waals surface area contributed by atoms with Crippen molar-refractivity contribution in [1.29, 1.82) is 0 Å². The Labute approximate surface area is 180 Å². The summed E-state index contributed by atoms with van der Waals surface area (Å²) in [6.07, 6.45) is 6.92. The number of anilines is 1. The summed E-state index contributed by atoms with van der Waals surface area (Å²) in [4.78, 5) is 31.9. The topological polar surface area (TPSA) is 86.9 Å². The standard InChI is InChI=1S/C25H22N4O2/c30-23(26-15-19-9-5-2-6-10-19)12-11-20-16-27-25-22(20)14-21(17-28-25)29-24(31)13-18-7-3-1-4-8-18/h1-12,14,16-17H,13,15H2,(H,26,30)(H,27,28)(H,29,31)/b12-11+. The third-order valence-electron chi connectivity index (χ3n) is 4.78. The van der Waals surface area contributed by atoms with Gasteiger partial charge in [-0.3, -0.25) is 9.59 Å². The van der Waals surface area contributed by atoms with Gasteiger partial charge in [-0.1, -0.05) is 60.7 Å². The molecule has 0 bridgehead atoms. The first-order valence-electron chi connectivity index (χ1n) is 9.98. The molecule has 4 aromatic rings. The molecule has 0 fully saturated rings. The fourth-order valence-electron chi connectivity index (χ4n) is 3.23. The largest absolute Gasteiger partial charge is 0.348 e. The van der Waals surface area contributed by atoms with Crippen molar-refractivity contribution in [3.8, 4) is 0 Å². The molecule has 0 spiro atoms. The summed E-state index contributed by atoms with van der Waals surface area (Å²) < 4.78 is 0. The fourth-order valence-corrected chi connectivity index (χ4v) is 3.23. The highest BCUT2D eigenvalue weighted by atomic mass is 16.2. The van der Waals surface area contributed by atoms with Crippen molar-refractivity contribution in [2.45, 2.75) is 13.0 Å². The molecular formula is C25H22N4O2. The van der Waals surface area contributed by atoms with Crippen molar-refractivity contribution in [2.75, 3.05) is 5.32 Å². The van der Waals surface area contributed by atoms with Gasteiger partial charge in [-0.25, -0.2) is 4.98 Å². The minimum Gasteiger partial charge on any atom is -0.348 e. The third-order valence-corrected chi connectivity index (χ3v) is 4.78. The van der Waals surface area contributed by atoms with Gasteiger partial charge in [-0.15, -0.1) is 0 Å². The van der Waals surface area contributed by atoms with E-state index in [2.05, 4.69) is 20.6 Å². The molecule has 0 radical (unpaired) electrons. The van der Waals surface area contributed by atoms with Gasteiger partial charge in [0.2, 0.25) is 11.8 Å². The Bertz CT molecular complexity index is 1210. The van der Waals surface area contributed by atoms with Crippen LogP contribution < -0.4 is 10.6 Å². The second-order valence-electron chi connectivity index (χ2n) is 7.11. The summed E-state index contributed by atoms with van der Waals surface area (Å²) in [6, 6.07) is 21.2. The first-order chi connectivity index (χ1) is 15.2. The molecule has 4 rings (SSSR count). The fraction of sp³-hybridized carbons (Fsp3) is 0.0800. The molecule has 2 heterocycles. The maximum Gasteiger partial charge on any atom is 0.244 e. The van der Waals surface area contributed by atoms with Gasteiger partial charge in [0.15, 0.2) is 0 Å². The number of amides is 2. The monoisotopic (exact) mass is 410 g/mol. The first kappa shape index (κ1) is 20.1. The molecule has 2 amide bonds.